The molecule has 0 aliphatic rings. The fourth-order valence-electron chi connectivity index (χ4n) is 2.58. The van der Waals surface area contributed by atoms with Crippen LogP contribution in [0.1, 0.15) is 43.3 Å². The Labute approximate surface area is 153 Å². The molecule has 2 N–H and O–H groups in total. The quantitative estimate of drug-likeness (QED) is 0.759. The van der Waals surface area contributed by atoms with Crippen molar-refractivity contribution < 1.29 is 18.4 Å². The van der Waals surface area contributed by atoms with Crippen LogP contribution in [0, 0.1) is 11.7 Å². The summed E-state index contributed by atoms with van der Waals surface area (Å²) >= 11 is 0. The van der Waals surface area contributed by atoms with E-state index in [4.69, 9.17) is 4.42 Å². The van der Waals surface area contributed by atoms with Crippen LogP contribution in [0.2, 0.25) is 0 Å². The van der Waals surface area contributed by atoms with E-state index in [1.807, 2.05) is 32.9 Å². The second-order valence-electron chi connectivity index (χ2n) is 6.73. The summed E-state index contributed by atoms with van der Waals surface area (Å²) in [6.07, 6.45) is 3.08. The van der Waals surface area contributed by atoms with Gasteiger partial charge in [0.2, 0.25) is 5.91 Å². The van der Waals surface area contributed by atoms with Crippen molar-refractivity contribution in [3.63, 3.8) is 0 Å². The number of furan rings is 1. The van der Waals surface area contributed by atoms with E-state index in [9.17, 15) is 14.0 Å². The van der Waals surface area contributed by atoms with Crippen molar-refractivity contribution in [2.24, 2.45) is 5.92 Å². The summed E-state index contributed by atoms with van der Waals surface area (Å²) in [5.74, 6) is -0.262. The highest BCUT2D eigenvalue weighted by molar-refractivity contribution is 5.97. The molecule has 2 aromatic rings. The van der Waals surface area contributed by atoms with Crippen molar-refractivity contribution in [2.75, 3.05) is 0 Å². The third-order valence-corrected chi connectivity index (χ3v) is 4.13. The minimum absolute atomic E-state index is 0.0587. The number of carbonyl (C=O) groups is 2. The molecule has 1 aromatic heterocycles. The second kappa shape index (κ2) is 9.17. The number of halogens is 1. The molecule has 0 radical (unpaired) electrons. The molecule has 6 heteroatoms. The molecule has 140 valence electrons. The zero-order chi connectivity index (χ0) is 19.1. The Kier molecular flexibility index (Phi) is 6.95. The molecule has 0 saturated carbocycles. The fraction of sp³-hybridized carbons (Fsp3) is 0.400. The van der Waals surface area contributed by atoms with Gasteiger partial charge in [-0.25, -0.2) is 4.39 Å². The Morgan fingerprint density at radius 1 is 1.08 bits per heavy atom. The summed E-state index contributed by atoms with van der Waals surface area (Å²) in [4.78, 5) is 24.9. The number of amides is 2. The number of carbonyl (C=O) groups excluding carboxylic acids is 2. The number of benzene rings is 1. The Morgan fingerprint density at radius 3 is 2.35 bits per heavy atom. The van der Waals surface area contributed by atoms with Gasteiger partial charge in [0.25, 0.3) is 5.91 Å². The Bertz CT molecular complexity index is 711. The van der Waals surface area contributed by atoms with Gasteiger partial charge in [-0.1, -0.05) is 13.8 Å². The van der Waals surface area contributed by atoms with E-state index in [0.717, 1.165) is 18.6 Å². The Morgan fingerprint density at radius 2 is 1.77 bits per heavy atom. The molecule has 0 bridgehead atoms. The maximum Gasteiger partial charge on any atom is 0.251 e. The minimum Gasteiger partial charge on any atom is -0.469 e. The second-order valence-corrected chi connectivity index (χ2v) is 6.73. The van der Waals surface area contributed by atoms with Crippen molar-refractivity contribution in [1.82, 2.24) is 10.6 Å². The molecule has 1 aromatic carbocycles. The van der Waals surface area contributed by atoms with Crippen LogP contribution >= 0.6 is 0 Å². The minimum atomic E-state index is -0.668. The van der Waals surface area contributed by atoms with E-state index >= 15 is 0 Å². The molecule has 0 aliphatic heterocycles. The van der Waals surface area contributed by atoms with Crippen LogP contribution in [0.15, 0.2) is 47.1 Å². The highest BCUT2D eigenvalue weighted by Crippen LogP contribution is 2.09. The first kappa shape index (κ1) is 19.7. The SMILES string of the molecule is CC(CCc1ccco1)NC(=O)C(NC(=O)c1ccc(F)cc1)C(C)C. The number of hydrogen-bond donors (Lipinski definition) is 2. The van der Waals surface area contributed by atoms with Crippen molar-refractivity contribution in [3.8, 4) is 0 Å². The van der Waals surface area contributed by atoms with Crippen LogP contribution in [0.25, 0.3) is 0 Å². The van der Waals surface area contributed by atoms with Crippen molar-refractivity contribution >= 4 is 11.8 Å². The van der Waals surface area contributed by atoms with E-state index in [-0.39, 0.29) is 17.9 Å². The Balaban J connectivity index is 1.91. The lowest BCUT2D eigenvalue weighted by molar-refractivity contribution is -0.124. The average molecular weight is 360 g/mol. The lowest BCUT2D eigenvalue weighted by Crippen LogP contribution is -2.51. The summed E-state index contributed by atoms with van der Waals surface area (Å²) in [7, 11) is 0. The molecular weight excluding hydrogens is 335 g/mol. The summed E-state index contributed by atoms with van der Waals surface area (Å²) in [6, 6.07) is 8.23. The first-order valence-electron chi connectivity index (χ1n) is 8.76. The summed E-state index contributed by atoms with van der Waals surface area (Å²) < 4.78 is 18.3. The largest absolute Gasteiger partial charge is 0.469 e. The molecule has 2 rings (SSSR count). The molecule has 26 heavy (non-hydrogen) atoms. The van der Waals surface area contributed by atoms with E-state index in [1.165, 1.54) is 24.3 Å². The van der Waals surface area contributed by atoms with Crippen LogP contribution in [0.4, 0.5) is 4.39 Å². The molecule has 0 aliphatic carbocycles. The molecular formula is C20H25FN2O3. The van der Waals surface area contributed by atoms with E-state index in [0.29, 0.717) is 5.56 Å². The zero-order valence-corrected chi connectivity index (χ0v) is 15.3. The summed E-state index contributed by atoms with van der Waals surface area (Å²) in [6.45, 7) is 5.64. The summed E-state index contributed by atoms with van der Waals surface area (Å²) in [5.41, 5.74) is 0.315. The lowest BCUT2D eigenvalue weighted by atomic mass is 10.0. The number of hydrogen-bond acceptors (Lipinski definition) is 3. The average Bonchev–Trinajstić information content (AvgIpc) is 3.11. The van der Waals surface area contributed by atoms with Gasteiger partial charge in [-0.3, -0.25) is 9.59 Å². The summed E-state index contributed by atoms with van der Waals surface area (Å²) in [5, 5.41) is 5.67. The van der Waals surface area contributed by atoms with Gasteiger partial charge >= 0.3 is 0 Å². The maximum atomic E-state index is 13.0. The monoisotopic (exact) mass is 360 g/mol. The highest BCUT2D eigenvalue weighted by Gasteiger charge is 2.25. The van der Waals surface area contributed by atoms with Gasteiger partial charge in [0, 0.05) is 18.0 Å². The number of rotatable bonds is 8. The van der Waals surface area contributed by atoms with E-state index in [1.54, 1.807) is 6.26 Å². The van der Waals surface area contributed by atoms with Gasteiger partial charge in [0.15, 0.2) is 0 Å². The van der Waals surface area contributed by atoms with Gasteiger partial charge in [-0.15, -0.1) is 0 Å². The van der Waals surface area contributed by atoms with Crippen molar-refractivity contribution in [3.05, 3.63) is 59.8 Å². The maximum absolute atomic E-state index is 13.0. The van der Waals surface area contributed by atoms with Gasteiger partial charge < -0.3 is 15.1 Å². The van der Waals surface area contributed by atoms with Crippen LogP contribution in [-0.2, 0) is 11.2 Å². The third-order valence-electron chi connectivity index (χ3n) is 4.13. The number of aryl methyl sites for hydroxylation is 1. The highest BCUT2D eigenvalue weighted by atomic mass is 19.1. The van der Waals surface area contributed by atoms with E-state index in [2.05, 4.69) is 10.6 Å². The van der Waals surface area contributed by atoms with Crippen LogP contribution in [0.3, 0.4) is 0 Å². The molecule has 0 spiro atoms. The number of nitrogens with one attached hydrogen (secondary N) is 2. The first-order chi connectivity index (χ1) is 12.4. The van der Waals surface area contributed by atoms with E-state index < -0.39 is 17.8 Å². The predicted octanol–water partition coefficient (Wildman–Crippen LogP) is 3.31. The van der Waals surface area contributed by atoms with Gasteiger partial charge in [-0.05, 0) is 55.7 Å². The molecule has 0 fully saturated rings. The van der Waals surface area contributed by atoms with Crippen LogP contribution in [-0.4, -0.2) is 23.9 Å². The predicted molar refractivity (Wildman–Crippen MR) is 97.1 cm³/mol. The normalized spacial score (nSPS) is 13.3. The Hall–Kier alpha value is -2.63. The molecule has 0 saturated heterocycles. The zero-order valence-electron chi connectivity index (χ0n) is 15.3. The topological polar surface area (TPSA) is 71.3 Å². The molecule has 2 unspecified atom stereocenters. The molecule has 2 amide bonds. The third kappa shape index (κ3) is 5.72. The van der Waals surface area contributed by atoms with Crippen molar-refractivity contribution in [2.45, 2.75) is 45.7 Å². The standard InChI is InChI=1S/C20H25FN2O3/c1-13(2)18(23-19(24)15-7-9-16(21)10-8-15)20(25)22-14(3)6-11-17-5-4-12-26-17/h4-5,7-10,12-14,18H,6,11H2,1-3H3,(H,22,25)(H,23,24). The van der Waals surface area contributed by atoms with Gasteiger partial charge in [-0.2, -0.15) is 0 Å². The first-order valence-corrected chi connectivity index (χ1v) is 8.76. The van der Waals surface area contributed by atoms with Gasteiger partial charge in [0.05, 0.1) is 6.26 Å². The smallest absolute Gasteiger partial charge is 0.251 e. The molecule has 5 nitrogen and oxygen atoms in total. The fourth-order valence-corrected chi connectivity index (χ4v) is 2.58. The van der Waals surface area contributed by atoms with Crippen LogP contribution in [0.5, 0.6) is 0 Å². The molecule has 2 atom stereocenters. The van der Waals surface area contributed by atoms with Crippen molar-refractivity contribution in [1.29, 1.82) is 0 Å². The van der Waals surface area contributed by atoms with Crippen LogP contribution < -0.4 is 10.6 Å². The van der Waals surface area contributed by atoms with Gasteiger partial charge in [0.1, 0.15) is 17.6 Å². The lowest BCUT2D eigenvalue weighted by Gasteiger charge is -2.24. The molecule has 1 heterocycles.